The number of likely N-dealkylation sites (N-methyl/N-ethyl adjacent to an activating group) is 1. The lowest BCUT2D eigenvalue weighted by molar-refractivity contribution is 0.0626. The average Bonchev–Trinajstić information content (AvgIpc) is 3.03. The van der Waals surface area contributed by atoms with Crippen LogP contribution in [0.2, 0.25) is 5.02 Å². The number of carbonyl (C=O) groups excluding carboxylic acids is 1. The molecule has 3 heterocycles. The molecule has 2 aromatic rings. The Morgan fingerprint density at radius 2 is 2.17 bits per heavy atom. The molecule has 2 fully saturated rings. The van der Waals surface area contributed by atoms with Gasteiger partial charge in [0, 0.05) is 50.2 Å². The predicted molar refractivity (Wildman–Crippen MR) is 91.3 cm³/mol. The van der Waals surface area contributed by atoms with E-state index in [0.29, 0.717) is 35.6 Å². The molecule has 1 aromatic heterocycles. The van der Waals surface area contributed by atoms with E-state index in [1.807, 2.05) is 0 Å². The lowest BCUT2D eigenvalue weighted by Gasteiger charge is -2.21. The molecule has 24 heavy (non-hydrogen) atoms. The maximum Gasteiger partial charge on any atom is 0.410 e. The summed E-state index contributed by atoms with van der Waals surface area (Å²) in [5, 5.41) is 1.13. The standard InChI is InChI=1S/C17H18ClN3O3/c1-20-9-17(24-16(20)23)5-6-21(10-17)8-11-7-14(22)12-3-2-4-13(18)15(12)19-11/h2-4,7H,5-6,8-10H2,1H3,(H,19,22)/t17-/m1/s1. The number of rotatable bonds is 2. The number of amides is 1. The number of benzene rings is 1. The zero-order chi connectivity index (χ0) is 16.9. The molecule has 1 N–H and O–H groups in total. The van der Waals surface area contributed by atoms with Gasteiger partial charge in [-0.05, 0) is 12.1 Å². The highest BCUT2D eigenvalue weighted by molar-refractivity contribution is 6.35. The van der Waals surface area contributed by atoms with E-state index in [4.69, 9.17) is 16.3 Å². The van der Waals surface area contributed by atoms with Crippen molar-refractivity contribution < 1.29 is 9.53 Å². The summed E-state index contributed by atoms with van der Waals surface area (Å²) < 4.78 is 5.56. The van der Waals surface area contributed by atoms with Gasteiger partial charge in [0.05, 0.1) is 17.1 Å². The van der Waals surface area contributed by atoms with E-state index in [1.165, 1.54) is 0 Å². The molecule has 4 rings (SSSR count). The van der Waals surface area contributed by atoms with E-state index >= 15 is 0 Å². The molecule has 1 atom stereocenters. The van der Waals surface area contributed by atoms with Gasteiger partial charge >= 0.3 is 6.09 Å². The van der Waals surface area contributed by atoms with Crippen molar-refractivity contribution in [2.75, 3.05) is 26.7 Å². The molecule has 0 aliphatic carbocycles. The molecule has 0 bridgehead atoms. The first kappa shape index (κ1) is 15.5. The summed E-state index contributed by atoms with van der Waals surface area (Å²) >= 11 is 6.20. The lowest BCUT2D eigenvalue weighted by Crippen LogP contribution is -2.37. The van der Waals surface area contributed by atoms with E-state index < -0.39 is 5.60 Å². The first-order chi connectivity index (χ1) is 11.5. The van der Waals surface area contributed by atoms with Crippen molar-refractivity contribution in [3.05, 3.63) is 45.2 Å². The Balaban J connectivity index is 1.57. The minimum absolute atomic E-state index is 0.0396. The number of pyridine rings is 1. The Kier molecular flexibility index (Phi) is 3.54. The Bertz CT molecular complexity index is 881. The first-order valence-corrected chi connectivity index (χ1v) is 8.30. The van der Waals surface area contributed by atoms with E-state index in [0.717, 1.165) is 18.7 Å². The molecule has 2 saturated heterocycles. The second kappa shape index (κ2) is 5.50. The fraction of sp³-hybridized carbons (Fsp3) is 0.412. The van der Waals surface area contributed by atoms with Gasteiger partial charge in [-0.1, -0.05) is 17.7 Å². The van der Waals surface area contributed by atoms with Crippen LogP contribution in [-0.4, -0.2) is 53.2 Å². The van der Waals surface area contributed by atoms with E-state index in [-0.39, 0.29) is 11.5 Å². The third-order valence-electron chi connectivity index (χ3n) is 4.80. The summed E-state index contributed by atoms with van der Waals surface area (Å²) in [6.45, 7) is 2.71. The summed E-state index contributed by atoms with van der Waals surface area (Å²) in [4.78, 5) is 31.0. The monoisotopic (exact) mass is 347 g/mol. The highest BCUT2D eigenvalue weighted by Gasteiger charge is 2.48. The van der Waals surface area contributed by atoms with Crippen molar-refractivity contribution in [1.82, 2.24) is 14.8 Å². The zero-order valence-corrected chi connectivity index (χ0v) is 14.1. The number of likely N-dealkylation sites (tertiary alicyclic amines) is 1. The number of hydrogen-bond acceptors (Lipinski definition) is 4. The van der Waals surface area contributed by atoms with Gasteiger partial charge in [0.2, 0.25) is 0 Å². The summed E-state index contributed by atoms with van der Waals surface area (Å²) in [7, 11) is 1.75. The van der Waals surface area contributed by atoms with Gasteiger partial charge in [-0.2, -0.15) is 0 Å². The quantitative estimate of drug-likeness (QED) is 0.904. The predicted octanol–water partition coefficient (Wildman–Crippen LogP) is 2.21. The second-order valence-electron chi connectivity index (χ2n) is 6.69. The largest absolute Gasteiger partial charge is 0.439 e. The van der Waals surface area contributed by atoms with Gasteiger partial charge in [-0.25, -0.2) is 4.79 Å². The number of fused-ring (bicyclic) bond motifs is 1. The van der Waals surface area contributed by atoms with Gasteiger partial charge < -0.3 is 14.6 Å². The van der Waals surface area contributed by atoms with Crippen LogP contribution in [0.3, 0.4) is 0 Å². The molecule has 2 aliphatic rings. The average molecular weight is 348 g/mol. The highest BCUT2D eigenvalue weighted by Crippen LogP contribution is 2.32. The Hall–Kier alpha value is -2.05. The molecule has 6 nitrogen and oxygen atoms in total. The lowest BCUT2D eigenvalue weighted by atomic mass is 10.0. The van der Waals surface area contributed by atoms with Gasteiger partial charge in [0.25, 0.3) is 0 Å². The third-order valence-corrected chi connectivity index (χ3v) is 5.12. The van der Waals surface area contributed by atoms with Crippen LogP contribution in [0.5, 0.6) is 0 Å². The van der Waals surface area contributed by atoms with Gasteiger partial charge in [0.15, 0.2) is 5.43 Å². The number of H-pyrrole nitrogens is 1. The normalized spacial score (nSPS) is 24.2. The molecule has 126 valence electrons. The maximum atomic E-state index is 12.3. The SMILES string of the molecule is CN1C[C@@]2(CCN(Cc3cc(=O)c4cccc(Cl)c4[nH]3)C2)OC1=O. The molecular weight excluding hydrogens is 330 g/mol. The summed E-state index contributed by atoms with van der Waals surface area (Å²) in [5.41, 5.74) is 1.03. The number of halogens is 1. The number of aromatic nitrogens is 1. The molecule has 7 heteroatoms. The van der Waals surface area contributed by atoms with Crippen LogP contribution < -0.4 is 5.43 Å². The van der Waals surface area contributed by atoms with Crippen LogP contribution in [0.1, 0.15) is 12.1 Å². The smallest absolute Gasteiger partial charge is 0.410 e. The van der Waals surface area contributed by atoms with Gasteiger partial charge in [-0.3, -0.25) is 9.69 Å². The van der Waals surface area contributed by atoms with Gasteiger partial charge in [0.1, 0.15) is 5.60 Å². The van der Waals surface area contributed by atoms with Gasteiger partial charge in [-0.15, -0.1) is 0 Å². The minimum Gasteiger partial charge on any atom is -0.439 e. The van der Waals surface area contributed by atoms with Crippen LogP contribution in [0.25, 0.3) is 10.9 Å². The summed E-state index contributed by atoms with van der Waals surface area (Å²) in [6.07, 6.45) is 0.546. The molecule has 0 saturated carbocycles. The number of nitrogens with one attached hydrogen (secondary N) is 1. The molecule has 1 aromatic carbocycles. The van der Waals surface area contributed by atoms with Crippen LogP contribution in [-0.2, 0) is 11.3 Å². The number of aromatic amines is 1. The van der Waals surface area contributed by atoms with E-state index in [9.17, 15) is 9.59 Å². The Morgan fingerprint density at radius 1 is 1.33 bits per heavy atom. The molecule has 1 amide bonds. The third kappa shape index (κ3) is 2.56. The highest BCUT2D eigenvalue weighted by atomic mass is 35.5. The summed E-state index contributed by atoms with van der Waals surface area (Å²) in [5.74, 6) is 0. The first-order valence-electron chi connectivity index (χ1n) is 7.93. The van der Waals surface area contributed by atoms with Crippen LogP contribution in [0.15, 0.2) is 29.1 Å². The fourth-order valence-corrected chi connectivity index (χ4v) is 3.90. The number of hydrogen-bond donors (Lipinski definition) is 1. The number of nitrogens with zero attached hydrogens (tertiary/aromatic N) is 2. The Morgan fingerprint density at radius 3 is 2.92 bits per heavy atom. The van der Waals surface area contributed by atoms with Crippen molar-refractivity contribution in [2.45, 2.75) is 18.6 Å². The maximum absolute atomic E-state index is 12.3. The minimum atomic E-state index is -0.416. The molecule has 0 unspecified atom stereocenters. The van der Waals surface area contributed by atoms with Crippen molar-refractivity contribution in [2.24, 2.45) is 0 Å². The molecule has 1 spiro atoms. The van der Waals surface area contributed by atoms with Crippen LogP contribution in [0.4, 0.5) is 4.79 Å². The molecular formula is C17H18ClN3O3. The second-order valence-corrected chi connectivity index (χ2v) is 7.10. The number of para-hydroxylation sites is 1. The van der Waals surface area contributed by atoms with Crippen molar-refractivity contribution in [1.29, 1.82) is 0 Å². The van der Waals surface area contributed by atoms with E-state index in [1.54, 1.807) is 36.2 Å². The van der Waals surface area contributed by atoms with Crippen molar-refractivity contribution in [3.8, 4) is 0 Å². The summed E-state index contributed by atoms with van der Waals surface area (Å²) in [6, 6.07) is 6.93. The topological polar surface area (TPSA) is 65.6 Å². The fourth-order valence-electron chi connectivity index (χ4n) is 3.68. The molecule has 0 radical (unpaired) electrons. The van der Waals surface area contributed by atoms with Crippen LogP contribution in [0, 0.1) is 0 Å². The van der Waals surface area contributed by atoms with E-state index in [2.05, 4.69) is 9.88 Å². The number of carbonyl (C=O) groups is 1. The Labute approximate surface area is 144 Å². The van der Waals surface area contributed by atoms with Crippen molar-refractivity contribution in [3.63, 3.8) is 0 Å². The zero-order valence-electron chi connectivity index (χ0n) is 13.3. The number of ether oxygens (including phenoxy) is 1. The van der Waals surface area contributed by atoms with Crippen molar-refractivity contribution >= 4 is 28.6 Å². The van der Waals surface area contributed by atoms with Crippen LogP contribution >= 0.6 is 11.6 Å². The molecule has 2 aliphatic heterocycles.